The first kappa shape index (κ1) is 21.6. The number of thiocarbonyl (C=S) groups is 1. The van der Waals surface area contributed by atoms with Crippen molar-refractivity contribution >= 4 is 40.6 Å². The Kier molecular flexibility index (Phi) is 7.37. The summed E-state index contributed by atoms with van der Waals surface area (Å²) >= 11 is 5.41. The first-order chi connectivity index (χ1) is 15.2. The molecule has 0 aliphatic carbocycles. The third kappa shape index (κ3) is 5.74. The molecule has 0 spiro atoms. The maximum Gasteiger partial charge on any atom is 0.232 e. The lowest BCUT2D eigenvalue weighted by Gasteiger charge is -2.37. The Morgan fingerprint density at radius 2 is 1.55 bits per heavy atom. The largest absolute Gasteiger partial charge is 0.383 e. The van der Waals surface area contributed by atoms with Gasteiger partial charge < -0.3 is 30.1 Å². The van der Waals surface area contributed by atoms with Crippen LogP contribution in [0.25, 0.3) is 0 Å². The fourth-order valence-electron chi connectivity index (χ4n) is 3.99. The predicted molar refractivity (Wildman–Crippen MR) is 130 cm³/mol. The van der Waals surface area contributed by atoms with Crippen molar-refractivity contribution in [3.05, 3.63) is 36.4 Å². The molecule has 166 valence electrons. The topological polar surface area (TPSA) is 68.8 Å². The van der Waals surface area contributed by atoms with Gasteiger partial charge in [0.15, 0.2) is 5.11 Å². The number of piperazine rings is 1. The summed E-state index contributed by atoms with van der Waals surface area (Å²) < 4.78 is 5.07. The van der Waals surface area contributed by atoms with Gasteiger partial charge in [-0.15, -0.1) is 0 Å². The Morgan fingerprint density at radius 1 is 0.935 bits per heavy atom. The second-order valence-electron chi connectivity index (χ2n) is 7.79. The standard InChI is InChI=1S/C22H31N7OS/c1-30-16-9-23-22(31)26-21-24-19(28-10-5-6-11-28)17-20(25-21)29-14-12-27(13-15-29)18-7-3-2-4-8-18/h2-4,7-8,17H,5-6,9-16H2,1H3,(H2,23,24,25,26,31). The minimum absolute atomic E-state index is 0.510. The molecule has 2 aromatic rings. The van der Waals surface area contributed by atoms with E-state index in [-0.39, 0.29) is 0 Å². The molecule has 2 saturated heterocycles. The van der Waals surface area contributed by atoms with Crippen LogP contribution >= 0.6 is 12.2 Å². The van der Waals surface area contributed by atoms with Crippen molar-refractivity contribution in [2.75, 3.05) is 79.5 Å². The fourth-order valence-corrected chi connectivity index (χ4v) is 4.19. The Bertz CT molecular complexity index is 852. The van der Waals surface area contributed by atoms with Crippen LogP contribution in [0.2, 0.25) is 0 Å². The van der Waals surface area contributed by atoms with Crippen LogP contribution in [0, 0.1) is 0 Å². The van der Waals surface area contributed by atoms with E-state index in [1.807, 2.05) is 0 Å². The number of hydrogen-bond acceptors (Lipinski definition) is 7. The average molecular weight is 442 g/mol. The van der Waals surface area contributed by atoms with Crippen molar-refractivity contribution in [3.63, 3.8) is 0 Å². The fraction of sp³-hybridized carbons (Fsp3) is 0.500. The number of ether oxygens (including phenoxy) is 1. The normalized spacial score (nSPS) is 16.5. The summed E-state index contributed by atoms with van der Waals surface area (Å²) in [5, 5.41) is 6.79. The van der Waals surface area contributed by atoms with Crippen molar-refractivity contribution in [1.29, 1.82) is 0 Å². The van der Waals surface area contributed by atoms with Gasteiger partial charge in [-0.05, 0) is 37.2 Å². The summed E-state index contributed by atoms with van der Waals surface area (Å²) in [5.74, 6) is 2.46. The molecule has 0 amide bonds. The maximum absolute atomic E-state index is 5.41. The molecule has 0 radical (unpaired) electrons. The van der Waals surface area contributed by atoms with E-state index in [2.05, 4.69) is 61.7 Å². The maximum atomic E-state index is 5.41. The SMILES string of the molecule is COCCNC(=S)Nc1nc(N2CCCC2)cc(N2CCN(c3ccccc3)CC2)n1. The van der Waals surface area contributed by atoms with Crippen LogP contribution in [0.15, 0.2) is 36.4 Å². The van der Waals surface area contributed by atoms with Gasteiger partial charge >= 0.3 is 0 Å². The summed E-state index contributed by atoms with van der Waals surface area (Å²) in [4.78, 5) is 16.6. The van der Waals surface area contributed by atoms with Crippen LogP contribution in [-0.2, 0) is 4.74 Å². The number of para-hydroxylation sites is 1. The van der Waals surface area contributed by atoms with Crippen molar-refractivity contribution in [3.8, 4) is 0 Å². The van der Waals surface area contributed by atoms with Crippen LogP contribution in [0.3, 0.4) is 0 Å². The third-order valence-corrected chi connectivity index (χ3v) is 5.92. The molecule has 2 fully saturated rings. The van der Waals surface area contributed by atoms with E-state index in [9.17, 15) is 0 Å². The van der Waals surface area contributed by atoms with Crippen LogP contribution < -0.4 is 25.3 Å². The first-order valence-corrected chi connectivity index (χ1v) is 11.4. The van der Waals surface area contributed by atoms with Gasteiger partial charge in [-0.3, -0.25) is 0 Å². The number of aromatic nitrogens is 2. The quantitative estimate of drug-likeness (QED) is 0.498. The molecular formula is C22H31N7OS. The van der Waals surface area contributed by atoms with E-state index in [4.69, 9.17) is 26.9 Å². The highest BCUT2D eigenvalue weighted by Crippen LogP contribution is 2.26. The number of benzene rings is 1. The van der Waals surface area contributed by atoms with Crippen LogP contribution in [0.1, 0.15) is 12.8 Å². The van der Waals surface area contributed by atoms with Crippen molar-refractivity contribution in [1.82, 2.24) is 15.3 Å². The molecule has 2 aliphatic heterocycles. The van der Waals surface area contributed by atoms with Crippen molar-refractivity contribution in [2.45, 2.75) is 12.8 Å². The smallest absolute Gasteiger partial charge is 0.232 e. The molecule has 4 rings (SSSR count). The summed E-state index contributed by atoms with van der Waals surface area (Å²) in [7, 11) is 1.67. The van der Waals surface area contributed by atoms with Crippen LogP contribution in [-0.4, -0.2) is 74.6 Å². The molecule has 1 aromatic heterocycles. The third-order valence-electron chi connectivity index (χ3n) is 5.67. The van der Waals surface area contributed by atoms with Gasteiger partial charge in [0.2, 0.25) is 5.95 Å². The van der Waals surface area contributed by atoms with E-state index in [1.165, 1.54) is 18.5 Å². The van der Waals surface area contributed by atoms with Gasteiger partial charge in [0.05, 0.1) is 6.61 Å². The Morgan fingerprint density at radius 3 is 2.19 bits per heavy atom. The van der Waals surface area contributed by atoms with Crippen LogP contribution in [0.5, 0.6) is 0 Å². The van der Waals surface area contributed by atoms with Crippen LogP contribution in [0.4, 0.5) is 23.3 Å². The number of nitrogens with zero attached hydrogens (tertiary/aromatic N) is 5. The Labute approximate surface area is 189 Å². The van der Waals surface area contributed by atoms with E-state index >= 15 is 0 Å². The van der Waals surface area contributed by atoms with E-state index in [0.29, 0.717) is 24.2 Å². The molecule has 3 heterocycles. The van der Waals surface area contributed by atoms with Gasteiger partial charge in [-0.25, -0.2) is 0 Å². The van der Waals surface area contributed by atoms with E-state index in [1.54, 1.807) is 7.11 Å². The molecule has 8 nitrogen and oxygen atoms in total. The van der Waals surface area contributed by atoms with Crippen molar-refractivity contribution < 1.29 is 4.74 Å². The molecule has 0 atom stereocenters. The zero-order valence-corrected chi connectivity index (χ0v) is 18.9. The lowest BCUT2D eigenvalue weighted by atomic mass is 10.2. The zero-order valence-electron chi connectivity index (χ0n) is 18.1. The molecule has 0 unspecified atom stereocenters. The molecule has 0 bridgehead atoms. The summed E-state index contributed by atoms with van der Waals surface area (Å²) in [5.41, 5.74) is 1.28. The highest BCUT2D eigenvalue weighted by atomic mass is 32.1. The minimum atomic E-state index is 0.510. The predicted octanol–water partition coefficient (Wildman–Crippen LogP) is 2.34. The second-order valence-corrected chi connectivity index (χ2v) is 8.19. The van der Waals surface area contributed by atoms with Gasteiger partial charge in [0, 0.05) is 64.7 Å². The highest BCUT2D eigenvalue weighted by Gasteiger charge is 2.22. The molecule has 1 aromatic carbocycles. The van der Waals surface area contributed by atoms with E-state index in [0.717, 1.165) is 50.9 Å². The molecule has 2 N–H and O–H groups in total. The minimum Gasteiger partial charge on any atom is -0.383 e. The van der Waals surface area contributed by atoms with Gasteiger partial charge in [0.1, 0.15) is 11.6 Å². The van der Waals surface area contributed by atoms with Gasteiger partial charge in [0.25, 0.3) is 0 Å². The van der Waals surface area contributed by atoms with Gasteiger partial charge in [-0.2, -0.15) is 9.97 Å². The monoisotopic (exact) mass is 441 g/mol. The van der Waals surface area contributed by atoms with E-state index < -0.39 is 0 Å². The number of anilines is 4. The zero-order chi connectivity index (χ0) is 21.5. The molecule has 31 heavy (non-hydrogen) atoms. The number of nitrogens with one attached hydrogen (secondary N) is 2. The Hall–Kier alpha value is -2.65. The molecular weight excluding hydrogens is 410 g/mol. The summed E-state index contributed by atoms with van der Waals surface area (Å²) in [6, 6.07) is 12.7. The molecule has 0 saturated carbocycles. The average Bonchev–Trinajstić information content (AvgIpc) is 3.35. The summed E-state index contributed by atoms with van der Waals surface area (Å²) in [6.45, 7) is 7.07. The van der Waals surface area contributed by atoms with Crippen molar-refractivity contribution in [2.24, 2.45) is 0 Å². The number of methoxy groups -OCH3 is 1. The number of hydrogen-bond donors (Lipinski definition) is 2. The molecule has 2 aliphatic rings. The highest BCUT2D eigenvalue weighted by molar-refractivity contribution is 7.80. The lowest BCUT2D eigenvalue weighted by molar-refractivity contribution is 0.204. The van der Waals surface area contributed by atoms with Gasteiger partial charge in [-0.1, -0.05) is 18.2 Å². The Balaban J connectivity index is 1.47. The lowest BCUT2D eigenvalue weighted by Crippen LogP contribution is -2.47. The molecule has 9 heteroatoms. The number of rotatable bonds is 7. The summed E-state index contributed by atoms with van der Waals surface area (Å²) in [6.07, 6.45) is 2.41. The second kappa shape index (κ2) is 10.6. The first-order valence-electron chi connectivity index (χ1n) is 11.0.